The molecule has 0 bridgehead atoms. The van der Waals surface area contributed by atoms with E-state index in [1.807, 2.05) is 36.4 Å². The molecule has 3 rings (SSSR count). The molecule has 2 heteroatoms. The minimum absolute atomic E-state index is 0.777. The lowest BCUT2D eigenvalue weighted by atomic mass is 9.99. The van der Waals surface area contributed by atoms with E-state index in [-0.39, 0.29) is 0 Å². The van der Waals surface area contributed by atoms with Crippen LogP contribution in [0.1, 0.15) is 16.7 Å². The fraction of sp³-hybridized carbons (Fsp3) is 0.0357. The zero-order chi connectivity index (χ0) is 21.2. The molecule has 2 nitrogen and oxygen atoms in total. The van der Waals surface area contributed by atoms with Gasteiger partial charge < -0.3 is 5.73 Å². The molecule has 30 heavy (non-hydrogen) atoms. The van der Waals surface area contributed by atoms with Gasteiger partial charge in [-0.1, -0.05) is 97.6 Å². The Hall–Kier alpha value is -3.91. The fourth-order valence-corrected chi connectivity index (χ4v) is 3.30. The second kappa shape index (κ2) is 10.6. The molecule has 0 saturated heterocycles. The summed E-state index contributed by atoms with van der Waals surface area (Å²) in [4.78, 5) is 4.27. The first-order valence-electron chi connectivity index (χ1n) is 9.88. The van der Waals surface area contributed by atoms with Gasteiger partial charge in [-0.3, -0.25) is 4.99 Å². The Kier molecular flexibility index (Phi) is 7.34. The lowest BCUT2D eigenvalue weighted by Crippen LogP contribution is -1.89. The van der Waals surface area contributed by atoms with Crippen molar-refractivity contribution in [1.29, 1.82) is 0 Å². The molecule has 0 aromatic heterocycles. The number of rotatable bonds is 8. The SMILES string of the molecule is C=C/C(=C\C=C/N)c1cccc(/C(=C/Cc2cccc(-c3ccccc3)c2)N=C)c1. The molecule has 0 radical (unpaired) electrons. The average Bonchev–Trinajstić information content (AvgIpc) is 2.81. The van der Waals surface area contributed by atoms with E-state index in [4.69, 9.17) is 5.73 Å². The molecule has 0 spiro atoms. The molecule has 3 aromatic carbocycles. The third-order valence-corrected chi connectivity index (χ3v) is 4.83. The maximum absolute atomic E-state index is 5.46. The second-order valence-electron chi connectivity index (χ2n) is 6.81. The predicted molar refractivity (Wildman–Crippen MR) is 131 cm³/mol. The van der Waals surface area contributed by atoms with Crippen molar-refractivity contribution >= 4 is 18.0 Å². The Balaban J connectivity index is 1.86. The Morgan fingerprint density at radius 3 is 2.33 bits per heavy atom. The summed E-state index contributed by atoms with van der Waals surface area (Å²) in [5, 5.41) is 0. The van der Waals surface area contributed by atoms with Crippen LogP contribution in [0.3, 0.4) is 0 Å². The third-order valence-electron chi connectivity index (χ3n) is 4.83. The van der Waals surface area contributed by atoms with Gasteiger partial charge in [-0.05, 0) is 59.3 Å². The van der Waals surface area contributed by atoms with Gasteiger partial charge in [-0.25, -0.2) is 0 Å². The van der Waals surface area contributed by atoms with Crippen molar-refractivity contribution in [2.75, 3.05) is 0 Å². The summed E-state index contributed by atoms with van der Waals surface area (Å²) in [6.07, 6.45) is 9.96. The van der Waals surface area contributed by atoms with Crippen LogP contribution in [0, 0.1) is 0 Å². The van der Waals surface area contributed by atoms with E-state index in [2.05, 4.69) is 79.0 Å². The van der Waals surface area contributed by atoms with Crippen LogP contribution in [0.15, 0.2) is 121 Å². The molecule has 0 aliphatic carbocycles. The standard InChI is InChI=1S/C28H26N2/c1-3-23(16-9-19-29)26-14-8-15-27(21-26)28(30-2)18-17-22-10-7-13-25(20-22)24-11-5-4-6-12-24/h3-16,18-21H,1-2,17,29H2/b19-9-,23-16+,28-18-. The van der Waals surface area contributed by atoms with Crippen molar-refractivity contribution in [3.8, 4) is 11.1 Å². The summed E-state index contributed by atoms with van der Waals surface area (Å²) in [6, 6.07) is 27.2. The number of benzene rings is 3. The molecule has 0 atom stereocenters. The van der Waals surface area contributed by atoms with Gasteiger partial charge in [0.2, 0.25) is 0 Å². The molecular weight excluding hydrogens is 364 g/mol. The highest BCUT2D eigenvalue weighted by molar-refractivity contribution is 5.78. The maximum Gasteiger partial charge on any atom is 0.0658 e. The van der Waals surface area contributed by atoms with Crippen LogP contribution < -0.4 is 5.73 Å². The average molecular weight is 391 g/mol. The van der Waals surface area contributed by atoms with Crippen molar-refractivity contribution in [3.63, 3.8) is 0 Å². The molecule has 0 fully saturated rings. The first-order valence-corrected chi connectivity index (χ1v) is 9.88. The highest BCUT2D eigenvalue weighted by Crippen LogP contribution is 2.24. The Bertz CT molecular complexity index is 1100. The Morgan fingerprint density at radius 2 is 1.60 bits per heavy atom. The number of nitrogens with zero attached hydrogens (tertiary/aromatic N) is 1. The topological polar surface area (TPSA) is 38.4 Å². The second-order valence-corrected chi connectivity index (χ2v) is 6.81. The van der Waals surface area contributed by atoms with Gasteiger partial charge in [0.05, 0.1) is 5.70 Å². The molecule has 0 heterocycles. The van der Waals surface area contributed by atoms with Gasteiger partial charge in [-0.2, -0.15) is 0 Å². The van der Waals surface area contributed by atoms with Crippen LogP contribution in [-0.4, -0.2) is 6.72 Å². The van der Waals surface area contributed by atoms with Gasteiger partial charge in [0.1, 0.15) is 0 Å². The number of allylic oxidation sites excluding steroid dienone is 5. The van der Waals surface area contributed by atoms with Crippen LogP contribution in [0.2, 0.25) is 0 Å². The summed E-state index contributed by atoms with van der Waals surface area (Å²) in [7, 11) is 0. The van der Waals surface area contributed by atoms with Crippen LogP contribution >= 0.6 is 0 Å². The highest BCUT2D eigenvalue weighted by Gasteiger charge is 2.04. The Labute approximate surface area is 179 Å². The highest BCUT2D eigenvalue weighted by atomic mass is 14.7. The molecule has 3 aromatic rings. The zero-order valence-corrected chi connectivity index (χ0v) is 17.0. The van der Waals surface area contributed by atoms with E-state index in [1.54, 1.807) is 6.08 Å². The lowest BCUT2D eigenvalue weighted by molar-refractivity contribution is 1.26. The number of aliphatic imine (C=N–C) groups is 1. The molecule has 0 amide bonds. The molecule has 0 aliphatic heterocycles. The van der Waals surface area contributed by atoms with Gasteiger partial charge in [0.25, 0.3) is 0 Å². The van der Waals surface area contributed by atoms with E-state index in [0.717, 1.165) is 28.8 Å². The summed E-state index contributed by atoms with van der Waals surface area (Å²) < 4.78 is 0. The largest absolute Gasteiger partial charge is 0.405 e. The minimum Gasteiger partial charge on any atom is -0.405 e. The summed E-state index contributed by atoms with van der Waals surface area (Å²) in [6.45, 7) is 7.68. The van der Waals surface area contributed by atoms with E-state index in [0.29, 0.717) is 0 Å². The third kappa shape index (κ3) is 5.33. The quantitative estimate of drug-likeness (QED) is 0.338. The first-order chi connectivity index (χ1) is 14.7. The van der Waals surface area contributed by atoms with Crippen LogP contribution in [-0.2, 0) is 6.42 Å². The summed E-state index contributed by atoms with van der Waals surface area (Å²) in [5.41, 5.74) is 13.1. The van der Waals surface area contributed by atoms with Crippen LogP contribution in [0.5, 0.6) is 0 Å². The van der Waals surface area contributed by atoms with Crippen molar-refractivity contribution < 1.29 is 0 Å². The Morgan fingerprint density at radius 1 is 0.867 bits per heavy atom. The minimum atomic E-state index is 0.777. The number of nitrogens with two attached hydrogens (primary N) is 1. The number of hydrogen-bond acceptors (Lipinski definition) is 2. The van der Waals surface area contributed by atoms with E-state index >= 15 is 0 Å². The van der Waals surface area contributed by atoms with Crippen LogP contribution in [0.4, 0.5) is 0 Å². The van der Waals surface area contributed by atoms with Gasteiger partial charge in [0, 0.05) is 5.56 Å². The van der Waals surface area contributed by atoms with E-state index in [9.17, 15) is 0 Å². The first kappa shape index (κ1) is 20.8. The van der Waals surface area contributed by atoms with Crippen molar-refractivity contribution in [2.24, 2.45) is 10.7 Å². The molecule has 2 N–H and O–H groups in total. The molecule has 0 unspecified atom stereocenters. The van der Waals surface area contributed by atoms with Gasteiger partial charge >= 0.3 is 0 Å². The normalized spacial score (nSPS) is 12.1. The number of hydrogen-bond donors (Lipinski definition) is 1. The molecular formula is C28H26N2. The lowest BCUT2D eigenvalue weighted by Gasteiger charge is -2.08. The summed E-state index contributed by atoms with van der Waals surface area (Å²) in [5.74, 6) is 0. The van der Waals surface area contributed by atoms with E-state index < -0.39 is 0 Å². The van der Waals surface area contributed by atoms with E-state index in [1.165, 1.54) is 22.9 Å². The van der Waals surface area contributed by atoms with Gasteiger partial charge in [-0.15, -0.1) is 0 Å². The zero-order valence-electron chi connectivity index (χ0n) is 17.0. The predicted octanol–water partition coefficient (Wildman–Crippen LogP) is 6.68. The van der Waals surface area contributed by atoms with Crippen LogP contribution in [0.25, 0.3) is 22.4 Å². The smallest absolute Gasteiger partial charge is 0.0658 e. The maximum atomic E-state index is 5.46. The molecule has 148 valence electrons. The van der Waals surface area contributed by atoms with Crippen molar-refractivity contribution in [2.45, 2.75) is 6.42 Å². The summed E-state index contributed by atoms with van der Waals surface area (Å²) >= 11 is 0. The molecule has 0 saturated carbocycles. The van der Waals surface area contributed by atoms with Crippen molar-refractivity contribution in [1.82, 2.24) is 0 Å². The van der Waals surface area contributed by atoms with Gasteiger partial charge in [0.15, 0.2) is 0 Å². The fourth-order valence-electron chi connectivity index (χ4n) is 3.30. The monoisotopic (exact) mass is 390 g/mol. The molecule has 0 aliphatic rings. The van der Waals surface area contributed by atoms with Crippen molar-refractivity contribution in [3.05, 3.63) is 133 Å².